The molecular weight excluding hydrogens is 268 g/mol. The van der Waals surface area contributed by atoms with E-state index in [4.69, 9.17) is 11.6 Å². The van der Waals surface area contributed by atoms with Crippen LogP contribution in [0.4, 0.5) is 0 Å². The van der Waals surface area contributed by atoms with Crippen LogP contribution in [-0.2, 0) is 16.0 Å². The molecule has 2 nitrogen and oxygen atoms in total. The van der Waals surface area contributed by atoms with Crippen LogP contribution in [0, 0.1) is 5.92 Å². The first-order chi connectivity index (χ1) is 8.70. The molecule has 0 spiro atoms. The minimum atomic E-state index is -0.651. The van der Waals surface area contributed by atoms with Crippen LogP contribution < -0.4 is 0 Å². The first kappa shape index (κ1) is 13.9. The van der Waals surface area contributed by atoms with Crippen molar-refractivity contribution in [2.24, 2.45) is 5.92 Å². The molecule has 2 rings (SSSR count). The second-order valence-electron chi connectivity index (χ2n) is 4.75. The van der Waals surface area contributed by atoms with Gasteiger partial charge in [0.05, 0.1) is 0 Å². The molecule has 1 aliphatic rings. The average molecular weight is 285 g/mol. The third-order valence-electron chi connectivity index (χ3n) is 3.65. The number of benzene rings is 1. The van der Waals surface area contributed by atoms with Crippen molar-refractivity contribution >= 4 is 29.1 Å². The summed E-state index contributed by atoms with van der Waals surface area (Å²) in [4.78, 5) is 10.9. The lowest BCUT2D eigenvalue weighted by Gasteiger charge is -2.30. The fourth-order valence-corrected chi connectivity index (χ4v) is 4.09. The molecule has 4 heteroatoms. The van der Waals surface area contributed by atoms with Crippen LogP contribution in [0.3, 0.4) is 0 Å². The van der Waals surface area contributed by atoms with Gasteiger partial charge in [-0.3, -0.25) is 0 Å². The zero-order valence-electron chi connectivity index (χ0n) is 10.2. The number of carbonyl (C=O) groups is 1. The van der Waals surface area contributed by atoms with Crippen LogP contribution in [0.1, 0.15) is 30.7 Å². The van der Waals surface area contributed by atoms with E-state index in [0.29, 0.717) is 17.4 Å². The van der Waals surface area contributed by atoms with Gasteiger partial charge in [0.2, 0.25) is 0 Å². The first-order valence-electron chi connectivity index (χ1n) is 6.25. The maximum absolute atomic E-state index is 11.4. The average Bonchev–Trinajstić information content (AvgIpc) is 2.39. The van der Waals surface area contributed by atoms with Crippen LogP contribution in [0.25, 0.3) is 0 Å². The molecule has 0 aromatic heterocycles. The Morgan fingerprint density at radius 1 is 1.33 bits per heavy atom. The third-order valence-corrected chi connectivity index (χ3v) is 5.28. The van der Waals surface area contributed by atoms with Gasteiger partial charge in [0, 0.05) is 11.4 Å². The minimum absolute atomic E-state index is 0.247. The van der Waals surface area contributed by atoms with E-state index < -0.39 is 11.2 Å². The third kappa shape index (κ3) is 3.50. The fraction of sp³-hybridized carbons (Fsp3) is 0.500. The van der Waals surface area contributed by atoms with Crippen molar-refractivity contribution in [3.8, 4) is 0 Å². The molecule has 0 radical (unpaired) electrons. The Kier molecular flexibility index (Phi) is 5.10. The maximum atomic E-state index is 11.4. The van der Waals surface area contributed by atoms with Crippen LogP contribution >= 0.6 is 11.6 Å². The predicted octanol–water partition coefficient (Wildman–Crippen LogP) is 3.17. The van der Waals surface area contributed by atoms with Gasteiger partial charge in [-0.25, -0.2) is 0 Å². The van der Waals surface area contributed by atoms with E-state index in [1.165, 1.54) is 5.56 Å². The smallest absolute Gasteiger partial charge is 0.120 e. The van der Waals surface area contributed by atoms with Crippen LogP contribution in [0.5, 0.6) is 0 Å². The summed E-state index contributed by atoms with van der Waals surface area (Å²) in [6, 6.07) is 7.75. The molecule has 0 aliphatic carbocycles. The Bertz CT molecular complexity index is 385. The van der Waals surface area contributed by atoms with E-state index in [1.807, 2.05) is 24.3 Å². The molecule has 1 fully saturated rings. The molecule has 1 heterocycles. The molecule has 0 N–H and O–H groups in total. The summed E-state index contributed by atoms with van der Waals surface area (Å²) >= 11 is 5.24. The highest BCUT2D eigenvalue weighted by Gasteiger charge is 2.29. The summed E-state index contributed by atoms with van der Waals surface area (Å²) in [5.41, 5.74) is 1.17. The minimum Gasteiger partial charge on any atom is -0.616 e. The van der Waals surface area contributed by atoms with Crippen molar-refractivity contribution in [3.63, 3.8) is 0 Å². The van der Waals surface area contributed by atoms with Gasteiger partial charge in [-0.2, -0.15) is 0 Å². The molecule has 1 aromatic carbocycles. The van der Waals surface area contributed by atoms with E-state index in [1.54, 1.807) is 0 Å². The van der Waals surface area contributed by atoms with Gasteiger partial charge in [-0.1, -0.05) is 34.9 Å². The Hall–Kier alpha value is -0.510. The van der Waals surface area contributed by atoms with Crippen LogP contribution in [0.2, 0.25) is 5.02 Å². The van der Waals surface area contributed by atoms with E-state index >= 15 is 0 Å². The quantitative estimate of drug-likeness (QED) is 0.629. The van der Waals surface area contributed by atoms with E-state index in [-0.39, 0.29) is 5.92 Å². The summed E-state index contributed by atoms with van der Waals surface area (Å²) in [6.07, 6.45) is 3.44. The van der Waals surface area contributed by atoms with E-state index in [2.05, 4.69) is 0 Å². The van der Waals surface area contributed by atoms with Crippen molar-refractivity contribution in [2.75, 3.05) is 11.5 Å². The van der Waals surface area contributed by atoms with Crippen LogP contribution in [-0.4, -0.2) is 22.3 Å². The molecule has 1 unspecified atom stereocenters. The van der Waals surface area contributed by atoms with Crippen molar-refractivity contribution in [1.29, 1.82) is 0 Å². The van der Waals surface area contributed by atoms with Gasteiger partial charge in [-0.15, -0.1) is 0 Å². The monoisotopic (exact) mass is 284 g/mol. The zero-order chi connectivity index (χ0) is 13.0. The summed E-state index contributed by atoms with van der Waals surface area (Å²) in [5.74, 6) is 2.26. The summed E-state index contributed by atoms with van der Waals surface area (Å²) in [5, 5.41) is 0.716. The SMILES string of the molecule is O=CCC(c1ccc(Cl)cc1)C1CC[S+]([O-])CC1. The molecule has 1 aliphatic heterocycles. The molecule has 98 valence electrons. The molecule has 1 saturated heterocycles. The number of aldehydes is 1. The number of carbonyl (C=O) groups excluding carboxylic acids is 1. The molecule has 18 heavy (non-hydrogen) atoms. The van der Waals surface area contributed by atoms with Crippen molar-refractivity contribution in [3.05, 3.63) is 34.9 Å². The van der Waals surface area contributed by atoms with Gasteiger partial charge in [0.25, 0.3) is 0 Å². The van der Waals surface area contributed by atoms with Gasteiger partial charge < -0.3 is 9.35 Å². The molecule has 0 bridgehead atoms. The Morgan fingerprint density at radius 3 is 2.50 bits per heavy atom. The Morgan fingerprint density at radius 2 is 1.94 bits per heavy atom. The summed E-state index contributed by atoms with van der Waals surface area (Å²) in [6.45, 7) is 0. The van der Waals surface area contributed by atoms with E-state index in [9.17, 15) is 9.35 Å². The lowest BCUT2D eigenvalue weighted by molar-refractivity contribution is -0.108. The molecular formula is C14H17ClO2S. The molecule has 1 atom stereocenters. The largest absolute Gasteiger partial charge is 0.616 e. The number of halogens is 1. The van der Waals surface area contributed by atoms with Crippen LogP contribution in [0.15, 0.2) is 24.3 Å². The summed E-state index contributed by atoms with van der Waals surface area (Å²) in [7, 11) is 0. The van der Waals surface area contributed by atoms with E-state index in [0.717, 1.165) is 30.6 Å². The fourth-order valence-electron chi connectivity index (χ4n) is 2.63. The number of hydrogen-bond donors (Lipinski definition) is 0. The second kappa shape index (κ2) is 6.60. The van der Waals surface area contributed by atoms with Gasteiger partial charge in [0.1, 0.15) is 17.8 Å². The standard InChI is InChI=1S/C14H17ClO2S/c15-13-3-1-11(2-4-13)14(5-8-16)12-6-9-18(17)10-7-12/h1-4,8,12,14H,5-7,9-10H2. The number of rotatable bonds is 4. The highest BCUT2D eigenvalue weighted by molar-refractivity contribution is 7.91. The first-order valence-corrected chi connectivity index (χ1v) is 8.11. The molecule has 0 amide bonds. The lowest BCUT2D eigenvalue weighted by atomic mass is 9.80. The zero-order valence-corrected chi connectivity index (χ0v) is 11.8. The lowest BCUT2D eigenvalue weighted by Crippen LogP contribution is -2.27. The molecule has 1 aromatic rings. The normalized spacial score (nSPS) is 25.7. The number of hydrogen-bond acceptors (Lipinski definition) is 2. The topological polar surface area (TPSA) is 40.1 Å². The summed E-state index contributed by atoms with van der Waals surface area (Å²) < 4.78 is 11.4. The van der Waals surface area contributed by atoms with Gasteiger partial charge in [0.15, 0.2) is 0 Å². The highest BCUT2D eigenvalue weighted by Crippen LogP contribution is 2.35. The highest BCUT2D eigenvalue weighted by atomic mass is 35.5. The second-order valence-corrected chi connectivity index (χ2v) is 6.88. The Labute approximate surface area is 116 Å². The maximum Gasteiger partial charge on any atom is 0.120 e. The van der Waals surface area contributed by atoms with Crippen molar-refractivity contribution in [2.45, 2.75) is 25.2 Å². The van der Waals surface area contributed by atoms with Crippen molar-refractivity contribution < 1.29 is 9.35 Å². The Balaban J connectivity index is 2.12. The molecule has 0 saturated carbocycles. The van der Waals surface area contributed by atoms with Gasteiger partial charge >= 0.3 is 0 Å². The van der Waals surface area contributed by atoms with Gasteiger partial charge in [-0.05, 0) is 42.4 Å². The van der Waals surface area contributed by atoms with Crippen molar-refractivity contribution in [1.82, 2.24) is 0 Å². The predicted molar refractivity (Wildman–Crippen MR) is 75.5 cm³/mol.